The first-order valence-electron chi connectivity index (χ1n) is 14.8. The zero-order valence-electron chi connectivity index (χ0n) is 23.2. The minimum Gasteiger partial charge on any atom is -0.379 e. The number of nitrogens with zero attached hydrogens (tertiary/aromatic N) is 5. The van der Waals surface area contributed by atoms with E-state index in [0.29, 0.717) is 17.3 Å². The van der Waals surface area contributed by atoms with Crippen molar-refractivity contribution in [3.05, 3.63) is 41.0 Å². The predicted molar refractivity (Wildman–Crippen MR) is 153 cm³/mol. The molecule has 0 spiro atoms. The Morgan fingerprint density at radius 2 is 1.85 bits per heavy atom. The summed E-state index contributed by atoms with van der Waals surface area (Å²) in [5, 5.41) is 5.53. The first kappa shape index (κ1) is 28.1. The van der Waals surface area contributed by atoms with Crippen LogP contribution in [0.15, 0.2) is 30.3 Å². The molecule has 2 saturated heterocycles. The minimum atomic E-state index is -0.107. The number of piperidine rings is 1. The zero-order chi connectivity index (χ0) is 27.2. The topological polar surface area (TPSA) is 70.9 Å². The summed E-state index contributed by atoms with van der Waals surface area (Å²) in [5.74, 6) is -0.0297. The van der Waals surface area contributed by atoms with Crippen molar-refractivity contribution in [1.29, 1.82) is 0 Å². The number of morpholine rings is 1. The van der Waals surface area contributed by atoms with Crippen LogP contribution in [0.25, 0.3) is 11.3 Å². The molecular formula is C30H42ClN5O3. The van der Waals surface area contributed by atoms with Gasteiger partial charge >= 0.3 is 0 Å². The summed E-state index contributed by atoms with van der Waals surface area (Å²) in [6.45, 7) is 8.15. The monoisotopic (exact) mass is 555 g/mol. The molecular weight excluding hydrogens is 514 g/mol. The van der Waals surface area contributed by atoms with Gasteiger partial charge in [0.2, 0.25) is 5.91 Å². The van der Waals surface area contributed by atoms with Gasteiger partial charge in [0, 0.05) is 49.4 Å². The van der Waals surface area contributed by atoms with Crippen molar-refractivity contribution < 1.29 is 14.3 Å². The molecule has 2 aromatic rings. The van der Waals surface area contributed by atoms with Gasteiger partial charge < -0.3 is 14.5 Å². The molecule has 0 bridgehead atoms. The average molecular weight is 556 g/mol. The molecule has 39 heavy (non-hydrogen) atoms. The van der Waals surface area contributed by atoms with Crippen molar-refractivity contribution in [3.8, 4) is 11.3 Å². The van der Waals surface area contributed by atoms with Crippen molar-refractivity contribution in [1.82, 2.24) is 24.5 Å². The summed E-state index contributed by atoms with van der Waals surface area (Å²) >= 11 is 6.09. The van der Waals surface area contributed by atoms with E-state index in [1.807, 2.05) is 35.0 Å². The second-order valence-electron chi connectivity index (χ2n) is 11.2. The fourth-order valence-electron chi connectivity index (χ4n) is 6.19. The number of rotatable bonds is 10. The van der Waals surface area contributed by atoms with Gasteiger partial charge in [0.05, 0.1) is 24.9 Å². The highest BCUT2D eigenvalue weighted by atomic mass is 35.5. The molecule has 0 radical (unpaired) electrons. The molecule has 8 nitrogen and oxygen atoms in total. The third-order valence-corrected chi connectivity index (χ3v) is 8.71. The van der Waals surface area contributed by atoms with Crippen LogP contribution in [0.2, 0.25) is 5.02 Å². The summed E-state index contributed by atoms with van der Waals surface area (Å²) in [6, 6.07) is 9.74. The second-order valence-corrected chi connectivity index (χ2v) is 11.6. The molecule has 1 aromatic carbocycles. The predicted octanol–water partition coefficient (Wildman–Crippen LogP) is 4.88. The van der Waals surface area contributed by atoms with Crippen molar-refractivity contribution in [2.24, 2.45) is 0 Å². The van der Waals surface area contributed by atoms with Gasteiger partial charge in [-0.2, -0.15) is 5.10 Å². The Morgan fingerprint density at radius 3 is 2.62 bits per heavy atom. The van der Waals surface area contributed by atoms with E-state index in [1.54, 1.807) is 4.90 Å². The Labute approximate surface area is 237 Å². The minimum absolute atomic E-state index is 0.0663. The Kier molecular flexibility index (Phi) is 9.58. The van der Waals surface area contributed by atoms with E-state index in [-0.39, 0.29) is 30.4 Å². The first-order valence-corrected chi connectivity index (χ1v) is 15.2. The maximum Gasteiger partial charge on any atom is 0.272 e. The highest BCUT2D eigenvalue weighted by Gasteiger charge is 2.36. The van der Waals surface area contributed by atoms with E-state index < -0.39 is 0 Å². The molecule has 0 aliphatic carbocycles. The fourth-order valence-corrected chi connectivity index (χ4v) is 6.32. The summed E-state index contributed by atoms with van der Waals surface area (Å²) in [7, 11) is 0. The lowest BCUT2D eigenvalue weighted by atomic mass is 9.98. The molecule has 2 unspecified atom stereocenters. The number of likely N-dealkylation sites (tertiary alicyclic amines) is 1. The number of amides is 2. The number of fused-ring (bicyclic) bond motifs is 1. The number of carbonyl (C=O) groups excluding carboxylic acids is 2. The second kappa shape index (κ2) is 13.3. The van der Waals surface area contributed by atoms with Crippen molar-refractivity contribution in [3.63, 3.8) is 0 Å². The molecule has 5 rings (SSSR count). The molecule has 9 heteroatoms. The number of benzene rings is 1. The van der Waals surface area contributed by atoms with Gasteiger partial charge in [0.15, 0.2) is 0 Å². The Bertz CT molecular complexity index is 1110. The van der Waals surface area contributed by atoms with Crippen molar-refractivity contribution >= 4 is 23.4 Å². The lowest BCUT2D eigenvalue weighted by molar-refractivity contribution is -0.136. The third kappa shape index (κ3) is 6.84. The zero-order valence-corrected chi connectivity index (χ0v) is 23.9. The van der Waals surface area contributed by atoms with Gasteiger partial charge in [-0.3, -0.25) is 19.2 Å². The van der Waals surface area contributed by atoms with E-state index in [1.165, 1.54) is 0 Å². The Hall–Kier alpha value is -2.42. The number of hydrogen-bond donors (Lipinski definition) is 0. The van der Waals surface area contributed by atoms with Crippen LogP contribution in [0, 0.1) is 0 Å². The highest BCUT2D eigenvalue weighted by molar-refractivity contribution is 6.30. The molecule has 4 heterocycles. The van der Waals surface area contributed by atoms with E-state index in [9.17, 15) is 9.59 Å². The van der Waals surface area contributed by atoms with Crippen LogP contribution >= 0.6 is 11.6 Å². The largest absolute Gasteiger partial charge is 0.379 e. The number of halogens is 1. The average Bonchev–Trinajstić information content (AvgIpc) is 3.41. The highest BCUT2D eigenvalue weighted by Crippen LogP contribution is 2.30. The smallest absolute Gasteiger partial charge is 0.272 e. The van der Waals surface area contributed by atoms with Crippen LogP contribution < -0.4 is 0 Å². The fraction of sp³-hybridized carbons (Fsp3) is 0.633. The molecule has 3 aliphatic heterocycles. The van der Waals surface area contributed by atoms with E-state index in [2.05, 4.69) is 16.7 Å². The quantitative estimate of drug-likeness (QED) is 0.391. The van der Waals surface area contributed by atoms with E-state index >= 15 is 0 Å². The lowest BCUT2D eigenvalue weighted by Gasteiger charge is -2.39. The third-order valence-electron chi connectivity index (χ3n) is 8.46. The van der Waals surface area contributed by atoms with Crippen LogP contribution in [0.1, 0.15) is 74.8 Å². The number of aromatic nitrogens is 2. The number of carbonyl (C=O) groups is 2. The van der Waals surface area contributed by atoms with Gasteiger partial charge in [0.25, 0.3) is 5.91 Å². The Balaban J connectivity index is 1.30. The number of hydrogen-bond acceptors (Lipinski definition) is 5. The molecule has 2 amide bonds. The molecule has 1 aromatic heterocycles. The van der Waals surface area contributed by atoms with E-state index in [0.717, 1.165) is 102 Å². The van der Waals surface area contributed by atoms with Crippen LogP contribution in [0.3, 0.4) is 0 Å². The standard InChI is InChI=1S/C30H42ClN5O3/c1-2-3-4-8-26-21-34(30(38)28-20-27(32-36(26)28)23-9-11-24(31)12-10-23)22-29(37)35-14-6-5-7-25(35)13-15-33-16-18-39-19-17-33/h9-12,20,25-26H,2-8,13-19,21-22H2,1H3. The maximum absolute atomic E-state index is 13.7. The van der Waals surface area contributed by atoms with Crippen LogP contribution in [0.4, 0.5) is 0 Å². The summed E-state index contributed by atoms with van der Waals surface area (Å²) in [4.78, 5) is 33.6. The number of unbranched alkanes of at least 4 members (excludes halogenated alkanes) is 2. The summed E-state index contributed by atoms with van der Waals surface area (Å²) in [6.07, 6.45) is 8.50. The molecule has 212 valence electrons. The van der Waals surface area contributed by atoms with E-state index in [4.69, 9.17) is 21.4 Å². The summed E-state index contributed by atoms with van der Waals surface area (Å²) < 4.78 is 7.40. The van der Waals surface area contributed by atoms with Crippen molar-refractivity contribution in [2.75, 3.05) is 52.5 Å². The molecule has 2 fully saturated rings. The summed E-state index contributed by atoms with van der Waals surface area (Å²) in [5.41, 5.74) is 2.27. The van der Waals surface area contributed by atoms with Gasteiger partial charge in [0.1, 0.15) is 12.2 Å². The SMILES string of the molecule is CCCCCC1CN(CC(=O)N2CCCCC2CCN2CCOCC2)C(=O)c2cc(-c3ccc(Cl)cc3)nn21. The lowest BCUT2D eigenvalue weighted by Crippen LogP contribution is -2.52. The number of ether oxygens (including phenoxy) is 1. The van der Waals surface area contributed by atoms with Crippen LogP contribution in [-0.2, 0) is 9.53 Å². The molecule has 0 saturated carbocycles. The molecule has 0 N–H and O–H groups in total. The molecule has 3 aliphatic rings. The van der Waals surface area contributed by atoms with Crippen LogP contribution in [-0.4, -0.2) is 94.8 Å². The van der Waals surface area contributed by atoms with Crippen LogP contribution in [0.5, 0.6) is 0 Å². The van der Waals surface area contributed by atoms with Gasteiger partial charge in [-0.25, -0.2) is 0 Å². The molecule has 2 atom stereocenters. The maximum atomic E-state index is 13.7. The van der Waals surface area contributed by atoms with Gasteiger partial charge in [-0.1, -0.05) is 49.9 Å². The van der Waals surface area contributed by atoms with Crippen molar-refractivity contribution in [2.45, 2.75) is 70.4 Å². The van der Waals surface area contributed by atoms with Gasteiger partial charge in [-0.15, -0.1) is 0 Å². The first-order chi connectivity index (χ1) is 19.0. The van der Waals surface area contributed by atoms with Gasteiger partial charge in [-0.05, 0) is 50.3 Å². The Morgan fingerprint density at radius 1 is 1.05 bits per heavy atom. The normalized spacial score (nSPS) is 22.3.